The zero-order chi connectivity index (χ0) is 19.4. The molecule has 2 aromatic rings. The third kappa shape index (κ3) is 4.55. The van der Waals surface area contributed by atoms with Crippen molar-refractivity contribution in [1.29, 1.82) is 0 Å². The summed E-state index contributed by atoms with van der Waals surface area (Å²) < 4.78 is 44.9. The minimum Gasteiger partial charge on any atom is -0.463 e. The molecule has 27 heavy (non-hydrogen) atoms. The van der Waals surface area contributed by atoms with Gasteiger partial charge in [-0.05, 0) is 43.3 Å². The zero-order valence-electron chi connectivity index (χ0n) is 15.0. The maximum absolute atomic E-state index is 13.0. The topological polar surface area (TPSA) is 87.4 Å². The second kappa shape index (κ2) is 8.20. The average Bonchev–Trinajstić information content (AvgIpc) is 3.21. The number of nitrogens with two attached hydrogens (primary N) is 1. The minimum atomic E-state index is -3.67. The van der Waals surface area contributed by atoms with E-state index in [0.717, 1.165) is 17.9 Å². The molecule has 3 rings (SSSR count). The predicted molar refractivity (Wildman–Crippen MR) is 95.7 cm³/mol. The van der Waals surface area contributed by atoms with Crippen LogP contribution in [-0.2, 0) is 14.8 Å². The predicted octanol–water partition coefficient (Wildman–Crippen LogP) is 0.576. The number of piperazine rings is 1. The average molecular weight is 396 g/mol. The Morgan fingerprint density at radius 3 is 2.44 bits per heavy atom. The molecule has 2 N–H and O–H groups in total. The summed E-state index contributed by atoms with van der Waals surface area (Å²) in [6, 6.07) is 8.47. The number of nitrogens with zero attached hydrogens (tertiary/aromatic N) is 2. The van der Waals surface area contributed by atoms with Crippen molar-refractivity contribution >= 4 is 15.9 Å². The number of furan rings is 1. The first-order chi connectivity index (χ1) is 12.9. The number of carbonyl (C=O) groups excluding carboxylic acids is 1. The van der Waals surface area contributed by atoms with E-state index in [1.54, 1.807) is 11.2 Å². The lowest BCUT2D eigenvalue weighted by molar-refractivity contribution is -0.685. The fourth-order valence-corrected chi connectivity index (χ4v) is 4.43. The number of halogens is 1. The monoisotopic (exact) mass is 396 g/mol. The number of amides is 1. The number of benzene rings is 1. The molecule has 1 aromatic carbocycles. The van der Waals surface area contributed by atoms with Crippen LogP contribution in [0.15, 0.2) is 52.0 Å². The Bertz CT molecular complexity index is 861. The lowest BCUT2D eigenvalue weighted by Gasteiger charge is -2.33. The molecule has 1 fully saturated rings. The number of quaternary nitrogens is 1. The van der Waals surface area contributed by atoms with Crippen LogP contribution in [0.2, 0.25) is 0 Å². The normalized spacial score (nSPS) is 17.0. The van der Waals surface area contributed by atoms with E-state index in [1.165, 1.54) is 16.4 Å². The van der Waals surface area contributed by atoms with Gasteiger partial charge in [-0.1, -0.05) is 0 Å². The lowest BCUT2D eigenvalue weighted by atomic mass is 10.2. The summed E-state index contributed by atoms with van der Waals surface area (Å²) in [5.41, 5.74) is 0. The van der Waals surface area contributed by atoms with Crippen molar-refractivity contribution in [3.63, 3.8) is 0 Å². The van der Waals surface area contributed by atoms with Crippen molar-refractivity contribution in [1.82, 2.24) is 9.21 Å². The van der Waals surface area contributed by atoms with Gasteiger partial charge in [0.25, 0.3) is 5.91 Å². The molecule has 7 nitrogen and oxygen atoms in total. The van der Waals surface area contributed by atoms with Gasteiger partial charge in [0.2, 0.25) is 10.0 Å². The summed E-state index contributed by atoms with van der Waals surface area (Å²) in [5.74, 6) is 0.287. The first-order valence-corrected chi connectivity index (χ1v) is 10.2. The molecule has 0 bridgehead atoms. The number of carbonyl (C=O) groups is 1. The molecule has 0 saturated carbocycles. The molecule has 9 heteroatoms. The smallest absolute Gasteiger partial charge is 0.277 e. The number of sulfonamides is 1. The first-order valence-electron chi connectivity index (χ1n) is 8.78. The Hall–Kier alpha value is -2.23. The lowest BCUT2D eigenvalue weighted by Crippen LogP contribution is -2.87. The van der Waals surface area contributed by atoms with E-state index in [2.05, 4.69) is 0 Å². The van der Waals surface area contributed by atoms with Crippen molar-refractivity contribution < 1.29 is 27.3 Å². The maximum atomic E-state index is 13.0. The van der Waals surface area contributed by atoms with Crippen molar-refractivity contribution in [3.8, 4) is 0 Å². The van der Waals surface area contributed by atoms with Crippen molar-refractivity contribution in [2.45, 2.75) is 17.9 Å². The van der Waals surface area contributed by atoms with Crippen LogP contribution in [0, 0.1) is 5.82 Å². The molecule has 1 aromatic heterocycles. The Balaban J connectivity index is 1.52. The first kappa shape index (κ1) is 19.5. The number of hydrogen-bond donors (Lipinski definition) is 1. The second-order valence-electron chi connectivity index (χ2n) is 6.48. The highest BCUT2D eigenvalue weighted by molar-refractivity contribution is 7.89. The van der Waals surface area contributed by atoms with Gasteiger partial charge in [0.1, 0.15) is 11.9 Å². The fourth-order valence-electron chi connectivity index (χ4n) is 3.01. The molecule has 1 saturated heterocycles. The molecule has 0 spiro atoms. The van der Waals surface area contributed by atoms with Crippen LogP contribution < -0.4 is 5.32 Å². The molecular formula is C18H23FN3O4S+. The van der Waals surface area contributed by atoms with E-state index < -0.39 is 15.8 Å². The highest BCUT2D eigenvalue weighted by atomic mass is 32.2. The standard InChI is InChI=1S/C18H22FN3O4S/c1-14(17-3-2-12-26-17)20-13-18(23)21-8-10-22(11-9-21)27(24,25)16-6-4-15(19)5-7-16/h2-7,12,14,20H,8-11,13H2,1H3/p+1/t14-/m1/s1. The van der Waals surface area contributed by atoms with E-state index in [9.17, 15) is 17.6 Å². The summed E-state index contributed by atoms with van der Waals surface area (Å²) in [7, 11) is -3.67. The Labute approximate surface area is 157 Å². The summed E-state index contributed by atoms with van der Waals surface area (Å²) in [5, 5.41) is 1.89. The Morgan fingerprint density at radius 1 is 1.19 bits per heavy atom. The van der Waals surface area contributed by atoms with Crippen LogP contribution >= 0.6 is 0 Å². The van der Waals surface area contributed by atoms with Gasteiger partial charge < -0.3 is 14.6 Å². The quantitative estimate of drug-likeness (QED) is 0.774. The van der Waals surface area contributed by atoms with Crippen LogP contribution in [0.1, 0.15) is 18.7 Å². The van der Waals surface area contributed by atoms with Crippen LogP contribution in [0.25, 0.3) is 0 Å². The molecular weight excluding hydrogens is 373 g/mol. The highest BCUT2D eigenvalue weighted by Gasteiger charge is 2.30. The Morgan fingerprint density at radius 2 is 1.85 bits per heavy atom. The largest absolute Gasteiger partial charge is 0.463 e. The van der Waals surface area contributed by atoms with E-state index in [1.807, 2.05) is 24.4 Å². The van der Waals surface area contributed by atoms with Crippen LogP contribution in [0.5, 0.6) is 0 Å². The summed E-state index contributed by atoms with van der Waals surface area (Å²) in [6.45, 7) is 3.34. The van der Waals surface area contributed by atoms with Gasteiger partial charge >= 0.3 is 0 Å². The molecule has 1 aliphatic heterocycles. The zero-order valence-corrected chi connectivity index (χ0v) is 15.9. The highest BCUT2D eigenvalue weighted by Crippen LogP contribution is 2.18. The SMILES string of the molecule is C[C@@H]([NH2+]CC(=O)N1CCN(S(=O)(=O)c2ccc(F)cc2)CC1)c1ccco1. The molecule has 146 valence electrons. The Kier molecular flexibility index (Phi) is 5.93. The third-order valence-corrected chi connectivity index (χ3v) is 6.59. The van der Waals surface area contributed by atoms with Crippen LogP contribution in [-0.4, -0.2) is 56.3 Å². The van der Waals surface area contributed by atoms with Gasteiger partial charge in [0, 0.05) is 26.2 Å². The summed E-state index contributed by atoms with van der Waals surface area (Å²) in [6.07, 6.45) is 1.60. The third-order valence-electron chi connectivity index (χ3n) is 4.68. The van der Waals surface area contributed by atoms with E-state index in [4.69, 9.17) is 4.42 Å². The van der Waals surface area contributed by atoms with Gasteiger partial charge in [0.05, 0.1) is 11.2 Å². The molecule has 0 radical (unpaired) electrons. The molecule has 2 heterocycles. The van der Waals surface area contributed by atoms with Crippen LogP contribution in [0.4, 0.5) is 4.39 Å². The van der Waals surface area contributed by atoms with Gasteiger partial charge in [0.15, 0.2) is 12.3 Å². The van der Waals surface area contributed by atoms with Gasteiger partial charge in [-0.15, -0.1) is 0 Å². The van der Waals surface area contributed by atoms with E-state index in [-0.39, 0.29) is 36.5 Å². The van der Waals surface area contributed by atoms with Gasteiger partial charge in [-0.25, -0.2) is 12.8 Å². The second-order valence-corrected chi connectivity index (χ2v) is 8.42. The molecule has 0 unspecified atom stereocenters. The minimum absolute atomic E-state index is 0.0316. The molecule has 1 atom stereocenters. The van der Waals surface area contributed by atoms with Crippen LogP contribution in [0.3, 0.4) is 0 Å². The van der Waals surface area contributed by atoms with E-state index >= 15 is 0 Å². The molecule has 1 aliphatic rings. The maximum Gasteiger partial charge on any atom is 0.277 e. The molecule has 1 amide bonds. The summed E-state index contributed by atoms with van der Waals surface area (Å²) in [4.78, 5) is 14.1. The summed E-state index contributed by atoms with van der Waals surface area (Å²) >= 11 is 0. The van der Waals surface area contributed by atoms with Crippen molar-refractivity contribution in [3.05, 3.63) is 54.2 Å². The number of hydrogen-bond acceptors (Lipinski definition) is 4. The van der Waals surface area contributed by atoms with Gasteiger partial charge in [-0.3, -0.25) is 4.79 Å². The van der Waals surface area contributed by atoms with Crippen molar-refractivity contribution in [2.24, 2.45) is 0 Å². The number of rotatable bonds is 6. The molecule has 0 aliphatic carbocycles. The van der Waals surface area contributed by atoms with Gasteiger partial charge in [-0.2, -0.15) is 4.31 Å². The fraction of sp³-hybridized carbons (Fsp3) is 0.389. The van der Waals surface area contributed by atoms with Crippen molar-refractivity contribution in [2.75, 3.05) is 32.7 Å². The van der Waals surface area contributed by atoms with E-state index in [0.29, 0.717) is 13.1 Å².